The van der Waals surface area contributed by atoms with Gasteiger partial charge < -0.3 is 20.4 Å². The van der Waals surface area contributed by atoms with Gasteiger partial charge >= 0.3 is 0 Å². The Morgan fingerprint density at radius 3 is 3.11 bits per heavy atom. The van der Waals surface area contributed by atoms with Gasteiger partial charge in [0.25, 0.3) is 0 Å². The summed E-state index contributed by atoms with van der Waals surface area (Å²) in [6, 6.07) is 9.93. The number of piperidine rings is 1. The Kier molecular flexibility index (Phi) is 5.11. The van der Waals surface area contributed by atoms with Gasteiger partial charge in [0.1, 0.15) is 12.3 Å². The van der Waals surface area contributed by atoms with E-state index in [0.717, 1.165) is 54.0 Å². The van der Waals surface area contributed by atoms with Gasteiger partial charge in [-0.05, 0) is 49.7 Å². The third-order valence-corrected chi connectivity index (χ3v) is 5.12. The molecule has 0 bridgehead atoms. The minimum Gasteiger partial charge on any atom is -0.497 e. The average molecular weight is 367 g/mol. The first-order chi connectivity index (χ1) is 13.2. The maximum absolute atomic E-state index is 12.4. The van der Waals surface area contributed by atoms with Gasteiger partial charge in [0.2, 0.25) is 5.91 Å². The van der Waals surface area contributed by atoms with Gasteiger partial charge in [0.05, 0.1) is 13.7 Å². The van der Waals surface area contributed by atoms with Crippen LogP contribution < -0.4 is 15.4 Å². The number of carbonyl (C=O) groups is 1. The predicted octanol–water partition coefficient (Wildman–Crippen LogP) is 2.16. The highest BCUT2D eigenvalue weighted by molar-refractivity contribution is 5.82. The average Bonchev–Trinajstić information content (AvgIpc) is 3.32. The lowest BCUT2D eigenvalue weighted by Gasteiger charge is -2.23. The summed E-state index contributed by atoms with van der Waals surface area (Å²) in [6.45, 7) is 2.72. The summed E-state index contributed by atoms with van der Waals surface area (Å²) in [7, 11) is 1.65. The van der Waals surface area contributed by atoms with Crippen LogP contribution >= 0.6 is 0 Å². The molecule has 1 amide bonds. The fourth-order valence-corrected chi connectivity index (χ4v) is 3.70. The molecule has 1 fully saturated rings. The number of nitrogens with zero attached hydrogens (tertiary/aromatic N) is 2. The van der Waals surface area contributed by atoms with E-state index in [1.165, 1.54) is 0 Å². The molecule has 0 radical (unpaired) electrons. The summed E-state index contributed by atoms with van der Waals surface area (Å²) < 4.78 is 7.07. The van der Waals surface area contributed by atoms with Crippen LogP contribution in [0.15, 0.2) is 36.5 Å². The van der Waals surface area contributed by atoms with Crippen LogP contribution in [-0.4, -0.2) is 40.9 Å². The molecule has 0 saturated carbocycles. The second-order valence-electron chi connectivity index (χ2n) is 6.98. The van der Waals surface area contributed by atoms with E-state index in [4.69, 9.17) is 4.74 Å². The summed E-state index contributed by atoms with van der Waals surface area (Å²) in [5.74, 6) is 1.21. The number of benzene rings is 1. The first-order valence-corrected chi connectivity index (χ1v) is 9.37. The van der Waals surface area contributed by atoms with E-state index >= 15 is 0 Å². The number of rotatable bonds is 6. The van der Waals surface area contributed by atoms with Gasteiger partial charge in [-0.3, -0.25) is 9.48 Å². The summed E-state index contributed by atoms with van der Waals surface area (Å²) >= 11 is 0. The molecule has 2 aromatic heterocycles. The number of aromatic nitrogens is 3. The van der Waals surface area contributed by atoms with Gasteiger partial charge in [0.15, 0.2) is 0 Å². The Balaban J connectivity index is 1.37. The Morgan fingerprint density at radius 2 is 2.30 bits per heavy atom. The van der Waals surface area contributed by atoms with Crippen LogP contribution in [0.1, 0.15) is 30.1 Å². The SMILES string of the molecule is COc1ccc2[nH]c(CNC(=O)Cn3nccc3[C@@H]3CCCNC3)cc2c1. The molecule has 0 aliphatic carbocycles. The van der Waals surface area contributed by atoms with Crippen LogP contribution in [0.4, 0.5) is 0 Å². The molecule has 1 aliphatic rings. The topological polar surface area (TPSA) is 84.0 Å². The molecule has 4 rings (SSSR count). The van der Waals surface area contributed by atoms with Crippen molar-refractivity contribution in [1.82, 2.24) is 25.4 Å². The highest BCUT2D eigenvalue weighted by Crippen LogP contribution is 2.23. The number of amides is 1. The zero-order valence-electron chi connectivity index (χ0n) is 15.5. The number of hydrogen-bond donors (Lipinski definition) is 3. The Bertz CT molecular complexity index is 923. The summed E-state index contributed by atoms with van der Waals surface area (Å²) in [5.41, 5.74) is 3.12. The Labute approximate surface area is 158 Å². The standard InChI is InChI=1S/C20H25N5O2/c1-27-17-4-5-18-15(10-17)9-16(24-18)12-22-20(26)13-25-19(6-8-23-25)14-3-2-7-21-11-14/h4-6,8-10,14,21,24H,2-3,7,11-13H2,1H3,(H,22,26)/t14-/m1/s1. The predicted molar refractivity (Wildman–Crippen MR) is 104 cm³/mol. The van der Waals surface area contributed by atoms with E-state index in [1.807, 2.05) is 35.0 Å². The van der Waals surface area contributed by atoms with Gasteiger partial charge in [-0.15, -0.1) is 0 Å². The fourth-order valence-electron chi connectivity index (χ4n) is 3.70. The molecule has 1 atom stereocenters. The molecule has 1 aliphatic heterocycles. The monoisotopic (exact) mass is 367 g/mol. The van der Waals surface area contributed by atoms with Crippen molar-refractivity contribution >= 4 is 16.8 Å². The molecule has 1 saturated heterocycles. The molecular weight excluding hydrogens is 342 g/mol. The van der Waals surface area contributed by atoms with Crippen molar-refractivity contribution < 1.29 is 9.53 Å². The summed E-state index contributed by atoms with van der Waals surface area (Å²) in [6.07, 6.45) is 4.08. The van der Waals surface area contributed by atoms with Crippen LogP contribution in [0, 0.1) is 0 Å². The fraction of sp³-hybridized carbons (Fsp3) is 0.400. The third kappa shape index (κ3) is 3.98. The van der Waals surface area contributed by atoms with Crippen LogP contribution in [0.5, 0.6) is 5.75 Å². The van der Waals surface area contributed by atoms with Crippen LogP contribution in [-0.2, 0) is 17.9 Å². The normalized spacial score (nSPS) is 17.1. The lowest BCUT2D eigenvalue weighted by atomic mass is 9.96. The number of fused-ring (bicyclic) bond motifs is 1. The first kappa shape index (κ1) is 17.6. The summed E-state index contributed by atoms with van der Waals surface area (Å²) in [5, 5.41) is 11.8. The van der Waals surface area contributed by atoms with E-state index in [0.29, 0.717) is 12.5 Å². The molecule has 7 nitrogen and oxygen atoms in total. The maximum Gasteiger partial charge on any atom is 0.242 e. The van der Waals surface area contributed by atoms with Gasteiger partial charge in [-0.25, -0.2) is 0 Å². The number of nitrogens with one attached hydrogen (secondary N) is 3. The second-order valence-corrected chi connectivity index (χ2v) is 6.98. The molecule has 1 aromatic carbocycles. The Morgan fingerprint density at radius 1 is 1.37 bits per heavy atom. The largest absolute Gasteiger partial charge is 0.497 e. The Hall–Kier alpha value is -2.80. The van der Waals surface area contributed by atoms with E-state index in [9.17, 15) is 4.79 Å². The van der Waals surface area contributed by atoms with Crippen molar-refractivity contribution in [1.29, 1.82) is 0 Å². The summed E-state index contributed by atoms with van der Waals surface area (Å²) in [4.78, 5) is 15.7. The van der Waals surface area contributed by atoms with Crippen molar-refractivity contribution in [3.8, 4) is 5.75 Å². The molecule has 3 aromatic rings. The highest BCUT2D eigenvalue weighted by atomic mass is 16.5. The van der Waals surface area contributed by atoms with Gasteiger partial charge in [-0.1, -0.05) is 0 Å². The van der Waals surface area contributed by atoms with Crippen molar-refractivity contribution in [3.05, 3.63) is 47.9 Å². The van der Waals surface area contributed by atoms with E-state index < -0.39 is 0 Å². The molecule has 3 N–H and O–H groups in total. The van der Waals surface area contributed by atoms with Crippen LogP contribution in [0.3, 0.4) is 0 Å². The molecule has 3 heterocycles. The second kappa shape index (κ2) is 7.84. The van der Waals surface area contributed by atoms with Crippen molar-refractivity contribution in [2.24, 2.45) is 0 Å². The quantitative estimate of drug-likeness (QED) is 0.623. The number of ether oxygens (including phenoxy) is 1. The number of methoxy groups -OCH3 is 1. The lowest BCUT2D eigenvalue weighted by molar-refractivity contribution is -0.122. The van der Waals surface area contributed by atoms with Crippen molar-refractivity contribution in [3.63, 3.8) is 0 Å². The minimum atomic E-state index is -0.0417. The molecule has 0 spiro atoms. The molecule has 7 heteroatoms. The molecule has 0 unspecified atom stereocenters. The van der Waals surface area contributed by atoms with Gasteiger partial charge in [0, 0.05) is 41.0 Å². The smallest absolute Gasteiger partial charge is 0.242 e. The van der Waals surface area contributed by atoms with Crippen molar-refractivity contribution in [2.75, 3.05) is 20.2 Å². The van der Waals surface area contributed by atoms with Crippen molar-refractivity contribution in [2.45, 2.75) is 31.8 Å². The zero-order chi connectivity index (χ0) is 18.6. The van der Waals surface area contributed by atoms with Crippen LogP contribution in [0.2, 0.25) is 0 Å². The lowest BCUT2D eigenvalue weighted by Crippen LogP contribution is -2.32. The number of aromatic amines is 1. The molecule has 142 valence electrons. The third-order valence-electron chi connectivity index (χ3n) is 5.12. The minimum absolute atomic E-state index is 0.0417. The van der Waals surface area contributed by atoms with E-state index in [2.05, 4.69) is 20.7 Å². The first-order valence-electron chi connectivity index (χ1n) is 9.37. The number of H-pyrrole nitrogens is 1. The van der Waals surface area contributed by atoms with Crippen LogP contribution in [0.25, 0.3) is 10.9 Å². The number of hydrogen-bond acceptors (Lipinski definition) is 4. The number of carbonyl (C=O) groups excluding carboxylic acids is 1. The van der Waals surface area contributed by atoms with E-state index in [1.54, 1.807) is 13.3 Å². The highest BCUT2D eigenvalue weighted by Gasteiger charge is 2.19. The molecule has 27 heavy (non-hydrogen) atoms. The zero-order valence-corrected chi connectivity index (χ0v) is 15.5. The maximum atomic E-state index is 12.4. The molecular formula is C20H25N5O2. The van der Waals surface area contributed by atoms with E-state index in [-0.39, 0.29) is 12.5 Å². The van der Waals surface area contributed by atoms with Gasteiger partial charge in [-0.2, -0.15) is 5.10 Å².